The van der Waals surface area contributed by atoms with Crippen LogP contribution in [0.2, 0.25) is 5.02 Å². The lowest BCUT2D eigenvalue weighted by Crippen LogP contribution is -2.14. The zero-order valence-corrected chi connectivity index (χ0v) is 21.3. The van der Waals surface area contributed by atoms with Gasteiger partial charge in [-0.1, -0.05) is 29.8 Å². The Morgan fingerprint density at radius 1 is 1.28 bits per heavy atom. The molecule has 3 aromatic rings. The molecule has 4 nitrogen and oxygen atoms in total. The van der Waals surface area contributed by atoms with Gasteiger partial charge in [-0.3, -0.25) is 4.79 Å². The molecule has 0 aliphatic carbocycles. The summed E-state index contributed by atoms with van der Waals surface area (Å²) in [4.78, 5) is 12.6. The predicted molar refractivity (Wildman–Crippen MR) is 136 cm³/mol. The summed E-state index contributed by atoms with van der Waals surface area (Å²) >= 11 is 11.7. The predicted octanol–water partition coefficient (Wildman–Crippen LogP) is 7.28. The van der Waals surface area contributed by atoms with Gasteiger partial charge in [-0.2, -0.15) is 5.26 Å². The summed E-state index contributed by atoms with van der Waals surface area (Å²) in [5.74, 6) is -0.214. The molecule has 0 unspecified atom stereocenters. The van der Waals surface area contributed by atoms with Gasteiger partial charge in [0, 0.05) is 10.7 Å². The number of benzene rings is 3. The lowest BCUT2D eigenvalue weighted by atomic mass is 10.1. The van der Waals surface area contributed by atoms with E-state index in [9.17, 15) is 14.4 Å². The van der Waals surface area contributed by atoms with Crippen LogP contribution in [-0.2, 0) is 11.4 Å². The van der Waals surface area contributed by atoms with E-state index in [1.807, 2.05) is 6.07 Å². The van der Waals surface area contributed by atoms with Crippen LogP contribution in [0.3, 0.4) is 0 Å². The van der Waals surface area contributed by atoms with Crippen LogP contribution in [0.5, 0.6) is 5.75 Å². The van der Waals surface area contributed by atoms with E-state index in [4.69, 9.17) is 16.3 Å². The maximum absolute atomic E-state index is 13.1. The molecule has 1 N–H and O–H groups in total. The van der Waals surface area contributed by atoms with Crippen LogP contribution in [0, 0.1) is 27.6 Å². The Morgan fingerprint density at radius 3 is 2.66 bits per heavy atom. The maximum atomic E-state index is 13.1. The highest BCUT2D eigenvalue weighted by molar-refractivity contribution is 14.1. The average Bonchev–Trinajstić information content (AvgIpc) is 2.76. The molecule has 3 rings (SSSR count). The minimum atomic E-state index is -0.527. The summed E-state index contributed by atoms with van der Waals surface area (Å²) in [6, 6.07) is 16.8. The van der Waals surface area contributed by atoms with Gasteiger partial charge in [-0.05, 0) is 105 Å². The lowest BCUT2D eigenvalue weighted by Gasteiger charge is -2.12. The van der Waals surface area contributed by atoms with Gasteiger partial charge >= 0.3 is 0 Å². The third kappa shape index (κ3) is 6.09. The van der Waals surface area contributed by atoms with Crippen LogP contribution >= 0.6 is 50.1 Å². The van der Waals surface area contributed by atoms with Gasteiger partial charge in [0.05, 0.1) is 8.04 Å². The van der Waals surface area contributed by atoms with Crippen LogP contribution in [0.4, 0.5) is 10.1 Å². The first-order valence-electron chi connectivity index (χ1n) is 9.33. The van der Waals surface area contributed by atoms with Gasteiger partial charge in [-0.15, -0.1) is 0 Å². The lowest BCUT2D eigenvalue weighted by molar-refractivity contribution is -0.112. The van der Waals surface area contributed by atoms with E-state index in [0.717, 1.165) is 14.7 Å². The molecule has 0 heterocycles. The van der Waals surface area contributed by atoms with Gasteiger partial charge in [-0.25, -0.2) is 4.39 Å². The SMILES string of the molecule is Cc1c(Cl)cccc1NC(=O)/C(C#N)=C\c1cc(Br)c(OCc2ccc(F)cc2)c(I)c1. The van der Waals surface area contributed by atoms with Crippen LogP contribution in [0.25, 0.3) is 6.08 Å². The number of hydrogen-bond donors (Lipinski definition) is 1. The topological polar surface area (TPSA) is 62.1 Å². The Balaban J connectivity index is 1.78. The van der Waals surface area contributed by atoms with E-state index >= 15 is 0 Å². The smallest absolute Gasteiger partial charge is 0.266 e. The first-order valence-corrected chi connectivity index (χ1v) is 11.6. The average molecular weight is 626 g/mol. The number of amides is 1. The van der Waals surface area contributed by atoms with E-state index in [1.165, 1.54) is 18.2 Å². The molecular weight excluding hydrogens is 610 g/mol. The number of carbonyl (C=O) groups excluding carboxylic acids is 1. The number of anilines is 1. The number of hydrogen-bond acceptors (Lipinski definition) is 3. The Bertz CT molecular complexity index is 1220. The number of rotatable bonds is 6. The molecule has 0 saturated heterocycles. The van der Waals surface area contributed by atoms with Crippen molar-refractivity contribution in [1.82, 2.24) is 0 Å². The van der Waals surface area contributed by atoms with Crippen LogP contribution in [0.1, 0.15) is 16.7 Å². The van der Waals surface area contributed by atoms with Crippen molar-refractivity contribution in [2.45, 2.75) is 13.5 Å². The van der Waals surface area contributed by atoms with Gasteiger partial charge in [0.25, 0.3) is 5.91 Å². The summed E-state index contributed by atoms with van der Waals surface area (Å²) in [6.07, 6.45) is 1.51. The van der Waals surface area contributed by atoms with E-state index < -0.39 is 5.91 Å². The highest BCUT2D eigenvalue weighted by Crippen LogP contribution is 2.33. The second-order valence-electron chi connectivity index (χ2n) is 6.77. The minimum absolute atomic E-state index is 0.0490. The number of halogens is 4. The van der Waals surface area contributed by atoms with Crippen molar-refractivity contribution in [3.05, 3.63) is 95.7 Å². The molecule has 0 aromatic heterocycles. The van der Waals surface area contributed by atoms with Crippen molar-refractivity contribution in [1.29, 1.82) is 5.26 Å². The van der Waals surface area contributed by atoms with Gasteiger partial charge < -0.3 is 10.1 Å². The molecule has 0 atom stereocenters. The molecule has 0 saturated carbocycles. The van der Waals surface area contributed by atoms with Crippen LogP contribution in [0.15, 0.2) is 64.6 Å². The summed E-state index contributed by atoms with van der Waals surface area (Å²) in [5, 5.41) is 12.8. The Kier molecular flexibility index (Phi) is 8.29. The maximum Gasteiger partial charge on any atom is 0.266 e. The number of ether oxygens (including phenoxy) is 1. The van der Waals surface area contributed by atoms with E-state index in [2.05, 4.69) is 43.8 Å². The van der Waals surface area contributed by atoms with Gasteiger partial charge in [0.2, 0.25) is 0 Å². The molecule has 1 amide bonds. The Labute approximate surface area is 212 Å². The molecule has 0 bridgehead atoms. The van der Waals surface area contributed by atoms with E-state index in [-0.39, 0.29) is 18.0 Å². The molecule has 162 valence electrons. The van der Waals surface area contributed by atoms with E-state index in [1.54, 1.807) is 49.4 Å². The van der Waals surface area contributed by atoms with Crippen molar-refractivity contribution in [3.63, 3.8) is 0 Å². The molecule has 0 spiro atoms. The zero-order valence-electron chi connectivity index (χ0n) is 16.8. The molecule has 3 aromatic carbocycles. The summed E-state index contributed by atoms with van der Waals surface area (Å²) in [7, 11) is 0. The number of carbonyl (C=O) groups is 1. The second kappa shape index (κ2) is 10.9. The number of nitrogens with zero attached hydrogens (tertiary/aromatic N) is 1. The summed E-state index contributed by atoms with van der Waals surface area (Å²) < 4.78 is 20.4. The Morgan fingerprint density at radius 2 is 2.00 bits per heavy atom. The highest BCUT2D eigenvalue weighted by atomic mass is 127. The van der Waals surface area contributed by atoms with Crippen molar-refractivity contribution in [2.75, 3.05) is 5.32 Å². The second-order valence-corrected chi connectivity index (χ2v) is 9.19. The zero-order chi connectivity index (χ0) is 23.3. The van der Waals surface area contributed by atoms with Crippen LogP contribution in [-0.4, -0.2) is 5.91 Å². The molecule has 0 aliphatic heterocycles. The summed E-state index contributed by atoms with van der Waals surface area (Å²) in [6.45, 7) is 2.06. The first kappa shape index (κ1) is 24.2. The number of nitriles is 1. The fourth-order valence-electron chi connectivity index (χ4n) is 2.78. The van der Waals surface area contributed by atoms with Gasteiger partial charge in [0.15, 0.2) is 0 Å². The van der Waals surface area contributed by atoms with Crippen molar-refractivity contribution in [3.8, 4) is 11.8 Å². The standard InChI is InChI=1S/C24H16BrClFIN2O2/c1-14-20(26)3-2-4-22(14)30-24(31)17(12-29)9-16-10-19(25)23(21(28)11-16)32-13-15-5-7-18(27)8-6-15/h2-11H,13H2,1H3,(H,30,31)/b17-9-. The fraction of sp³-hybridized carbons (Fsp3) is 0.0833. The third-order valence-electron chi connectivity index (χ3n) is 4.51. The molecular formula is C24H16BrClFIN2O2. The van der Waals surface area contributed by atoms with Crippen molar-refractivity contribution >= 4 is 67.8 Å². The summed E-state index contributed by atoms with van der Waals surface area (Å²) in [5.41, 5.74) is 2.71. The monoisotopic (exact) mass is 624 g/mol. The quantitative estimate of drug-likeness (QED) is 0.178. The first-order chi connectivity index (χ1) is 15.3. The largest absolute Gasteiger partial charge is 0.487 e. The molecule has 0 aliphatic rings. The fourth-order valence-corrected chi connectivity index (χ4v) is 4.73. The van der Waals surface area contributed by atoms with Crippen molar-refractivity contribution in [2.24, 2.45) is 0 Å². The van der Waals surface area contributed by atoms with Crippen LogP contribution < -0.4 is 10.1 Å². The third-order valence-corrected chi connectivity index (χ3v) is 6.31. The highest BCUT2D eigenvalue weighted by Gasteiger charge is 2.14. The number of nitrogens with one attached hydrogen (secondary N) is 1. The normalized spacial score (nSPS) is 11.1. The van der Waals surface area contributed by atoms with Gasteiger partial charge in [0.1, 0.15) is 29.8 Å². The molecule has 8 heteroatoms. The Hall–Kier alpha value is -2.41. The van der Waals surface area contributed by atoms with E-state index in [0.29, 0.717) is 26.5 Å². The minimum Gasteiger partial charge on any atom is -0.487 e. The molecule has 0 fully saturated rings. The molecule has 32 heavy (non-hydrogen) atoms. The molecule has 0 radical (unpaired) electrons. The van der Waals surface area contributed by atoms with Crippen molar-refractivity contribution < 1.29 is 13.9 Å².